The molecule has 0 bridgehead atoms. The van der Waals surface area contributed by atoms with Gasteiger partial charge in [-0.05, 0) is 25.0 Å². The molecule has 3 aromatic rings. The average molecular weight is 526 g/mol. The minimum atomic E-state index is -0.105. The van der Waals surface area contributed by atoms with Crippen LogP contribution >= 0.6 is 0 Å². The molecule has 12 heteroatoms. The van der Waals surface area contributed by atoms with Gasteiger partial charge < -0.3 is 35.3 Å². The normalized spacial score (nSPS) is 10.8. The topological polar surface area (TPSA) is 140 Å². The maximum absolute atomic E-state index is 12.0. The van der Waals surface area contributed by atoms with E-state index in [2.05, 4.69) is 48.1 Å². The highest BCUT2D eigenvalue weighted by molar-refractivity contribution is 5.94. The van der Waals surface area contributed by atoms with Crippen LogP contribution in [0.25, 0.3) is 0 Å². The average Bonchev–Trinajstić information content (AvgIpc) is 3.46. The summed E-state index contributed by atoms with van der Waals surface area (Å²) in [6.07, 6.45) is 8.57. The third kappa shape index (κ3) is 11.5. The SMILES string of the molecule is CCCCNc1nc(NCCCn2ccnc2)nc(NCCOCCOCCNC(=O)c2ccccc2)n1. The number of rotatable bonds is 20. The Morgan fingerprint density at radius 3 is 2.08 bits per heavy atom. The van der Waals surface area contributed by atoms with Crippen LogP contribution in [-0.4, -0.2) is 83.0 Å². The van der Waals surface area contributed by atoms with Crippen molar-refractivity contribution in [3.63, 3.8) is 0 Å². The fourth-order valence-electron chi connectivity index (χ4n) is 3.36. The van der Waals surface area contributed by atoms with E-state index < -0.39 is 0 Å². The van der Waals surface area contributed by atoms with Crippen molar-refractivity contribution in [1.82, 2.24) is 29.8 Å². The molecule has 0 fully saturated rings. The van der Waals surface area contributed by atoms with Crippen molar-refractivity contribution in [3.05, 3.63) is 54.6 Å². The number of hydrogen-bond donors (Lipinski definition) is 4. The molecule has 0 saturated carbocycles. The lowest BCUT2D eigenvalue weighted by molar-refractivity contribution is 0.0519. The number of ether oxygens (including phenoxy) is 2. The van der Waals surface area contributed by atoms with Gasteiger partial charge >= 0.3 is 0 Å². The minimum Gasteiger partial charge on any atom is -0.377 e. The molecule has 12 nitrogen and oxygen atoms in total. The smallest absolute Gasteiger partial charge is 0.251 e. The molecule has 0 aliphatic carbocycles. The van der Waals surface area contributed by atoms with Gasteiger partial charge in [0, 0.05) is 50.7 Å². The zero-order chi connectivity index (χ0) is 26.7. The number of carbonyl (C=O) groups excluding carboxylic acids is 1. The van der Waals surface area contributed by atoms with E-state index in [1.807, 2.05) is 35.3 Å². The molecule has 2 aromatic heterocycles. The van der Waals surface area contributed by atoms with Gasteiger partial charge in [-0.2, -0.15) is 15.0 Å². The number of carbonyl (C=O) groups is 1. The summed E-state index contributed by atoms with van der Waals surface area (Å²) < 4.78 is 13.2. The number of amides is 1. The summed E-state index contributed by atoms with van der Waals surface area (Å²) >= 11 is 0. The predicted molar refractivity (Wildman–Crippen MR) is 147 cm³/mol. The van der Waals surface area contributed by atoms with Crippen molar-refractivity contribution in [2.75, 3.05) is 68.6 Å². The Hall–Kier alpha value is -3.77. The van der Waals surface area contributed by atoms with Crippen LogP contribution < -0.4 is 21.3 Å². The Balaban J connectivity index is 1.29. The predicted octanol–water partition coefficient (Wildman–Crippen LogP) is 2.66. The number of nitrogens with one attached hydrogen (secondary N) is 4. The van der Waals surface area contributed by atoms with Gasteiger partial charge in [-0.1, -0.05) is 31.5 Å². The van der Waals surface area contributed by atoms with E-state index in [-0.39, 0.29) is 5.91 Å². The van der Waals surface area contributed by atoms with E-state index in [1.54, 1.807) is 18.3 Å². The third-order valence-electron chi connectivity index (χ3n) is 5.35. The first-order chi connectivity index (χ1) is 18.7. The van der Waals surface area contributed by atoms with Crippen LogP contribution in [-0.2, 0) is 16.0 Å². The Bertz CT molecular complexity index is 1040. The largest absolute Gasteiger partial charge is 0.377 e. The molecule has 38 heavy (non-hydrogen) atoms. The number of imidazole rings is 1. The number of hydrogen-bond acceptors (Lipinski definition) is 10. The number of aromatic nitrogens is 5. The molecule has 0 atom stereocenters. The molecule has 0 spiro atoms. The van der Waals surface area contributed by atoms with Crippen LogP contribution in [0.4, 0.5) is 17.8 Å². The molecule has 0 aliphatic heterocycles. The van der Waals surface area contributed by atoms with Crippen LogP contribution in [0.1, 0.15) is 36.5 Å². The molecular weight excluding hydrogens is 486 g/mol. The summed E-state index contributed by atoms with van der Waals surface area (Å²) in [5, 5.41) is 12.6. The molecular formula is C26H39N9O3. The van der Waals surface area contributed by atoms with Crippen LogP contribution in [0.3, 0.4) is 0 Å². The Morgan fingerprint density at radius 1 is 0.816 bits per heavy atom. The van der Waals surface area contributed by atoms with Gasteiger partial charge in [0.15, 0.2) is 0 Å². The van der Waals surface area contributed by atoms with E-state index in [9.17, 15) is 4.79 Å². The molecule has 0 radical (unpaired) electrons. The highest BCUT2D eigenvalue weighted by atomic mass is 16.5. The van der Waals surface area contributed by atoms with Gasteiger partial charge in [0.1, 0.15) is 0 Å². The molecule has 3 rings (SSSR count). The van der Waals surface area contributed by atoms with Crippen molar-refractivity contribution < 1.29 is 14.3 Å². The van der Waals surface area contributed by atoms with Crippen molar-refractivity contribution in [3.8, 4) is 0 Å². The van der Waals surface area contributed by atoms with E-state index in [1.165, 1.54) is 0 Å². The highest BCUT2D eigenvalue weighted by Gasteiger charge is 2.07. The summed E-state index contributed by atoms with van der Waals surface area (Å²) in [5.74, 6) is 1.46. The first-order valence-corrected chi connectivity index (χ1v) is 13.2. The molecule has 4 N–H and O–H groups in total. The quantitative estimate of drug-likeness (QED) is 0.163. The standard InChI is InChI=1S/C26H39N9O3/c1-2-3-10-29-24-32-25(30-11-7-15-35-16-12-27-21-35)34-26(33-24)31-14-18-38-20-19-37-17-13-28-23(36)22-8-5-4-6-9-22/h4-6,8-9,12,16,21H,2-3,7,10-11,13-15,17-20H2,1H3,(H,28,36)(H3,29,30,31,32,33,34). The zero-order valence-corrected chi connectivity index (χ0v) is 22.1. The fourth-order valence-corrected chi connectivity index (χ4v) is 3.36. The molecule has 1 aromatic carbocycles. The lowest BCUT2D eigenvalue weighted by atomic mass is 10.2. The fraction of sp³-hybridized carbons (Fsp3) is 0.500. The number of anilines is 3. The van der Waals surface area contributed by atoms with Crippen LogP contribution in [0.15, 0.2) is 49.1 Å². The summed E-state index contributed by atoms with van der Waals surface area (Å²) in [6, 6.07) is 9.11. The van der Waals surface area contributed by atoms with Crippen LogP contribution in [0.5, 0.6) is 0 Å². The zero-order valence-electron chi connectivity index (χ0n) is 22.1. The second kappa shape index (κ2) is 17.6. The van der Waals surface area contributed by atoms with Gasteiger partial charge in [-0.25, -0.2) is 4.98 Å². The second-order valence-electron chi connectivity index (χ2n) is 8.44. The van der Waals surface area contributed by atoms with Crippen LogP contribution in [0.2, 0.25) is 0 Å². The summed E-state index contributed by atoms with van der Waals surface area (Å²) in [4.78, 5) is 29.5. The van der Waals surface area contributed by atoms with Gasteiger partial charge in [0.05, 0.1) is 32.8 Å². The third-order valence-corrected chi connectivity index (χ3v) is 5.35. The number of benzene rings is 1. The summed E-state index contributed by atoms with van der Waals surface area (Å²) in [6.45, 7) is 7.36. The number of aryl methyl sites for hydroxylation is 1. The summed E-state index contributed by atoms with van der Waals surface area (Å²) in [5.41, 5.74) is 0.638. The van der Waals surface area contributed by atoms with Gasteiger partial charge in [-0.15, -0.1) is 0 Å². The van der Waals surface area contributed by atoms with E-state index in [4.69, 9.17) is 9.47 Å². The second-order valence-corrected chi connectivity index (χ2v) is 8.44. The highest BCUT2D eigenvalue weighted by Crippen LogP contribution is 2.10. The Labute approximate surface area is 224 Å². The van der Waals surface area contributed by atoms with Crippen molar-refractivity contribution in [1.29, 1.82) is 0 Å². The van der Waals surface area contributed by atoms with Crippen molar-refractivity contribution in [2.24, 2.45) is 0 Å². The Morgan fingerprint density at radius 2 is 1.45 bits per heavy atom. The first kappa shape index (κ1) is 28.8. The van der Waals surface area contributed by atoms with Crippen molar-refractivity contribution in [2.45, 2.75) is 32.7 Å². The molecule has 0 saturated heterocycles. The first-order valence-electron chi connectivity index (χ1n) is 13.2. The maximum Gasteiger partial charge on any atom is 0.251 e. The summed E-state index contributed by atoms with van der Waals surface area (Å²) in [7, 11) is 0. The minimum absolute atomic E-state index is 0.105. The number of nitrogens with zero attached hydrogens (tertiary/aromatic N) is 5. The molecule has 1 amide bonds. The van der Waals surface area contributed by atoms with Gasteiger partial charge in [-0.3, -0.25) is 4.79 Å². The molecule has 206 valence electrons. The van der Waals surface area contributed by atoms with E-state index in [0.717, 1.165) is 38.9 Å². The number of unbranched alkanes of at least 4 members (excludes halogenated alkanes) is 1. The van der Waals surface area contributed by atoms with E-state index in [0.29, 0.717) is 62.9 Å². The van der Waals surface area contributed by atoms with E-state index >= 15 is 0 Å². The Kier molecular flexibility index (Phi) is 13.4. The lowest BCUT2D eigenvalue weighted by Crippen LogP contribution is -2.27. The molecule has 0 aliphatic rings. The maximum atomic E-state index is 12.0. The van der Waals surface area contributed by atoms with Crippen molar-refractivity contribution >= 4 is 23.8 Å². The molecule has 2 heterocycles. The van der Waals surface area contributed by atoms with Gasteiger partial charge in [0.25, 0.3) is 5.91 Å². The lowest BCUT2D eigenvalue weighted by Gasteiger charge is -2.12. The molecule has 0 unspecified atom stereocenters. The van der Waals surface area contributed by atoms with Crippen LogP contribution in [0, 0.1) is 0 Å². The van der Waals surface area contributed by atoms with Gasteiger partial charge in [0.2, 0.25) is 17.8 Å². The monoisotopic (exact) mass is 525 g/mol.